The molecule has 168 valence electrons. The van der Waals surface area contributed by atoms with Crippen LogP contribution in [0.2, 0.25) is 0 Å². The van der Waals surface area contributed by atoms with E-state index in [2.05, 4.69) is 83.1 Å². The molecule has 0 aliphatic carbocycles. The topological polar surface area (TPSA) is 24.3 Å². The molecule has 0 N–H and O–H groups in total. The van der Waals surface area contributed by atoms with E-state index in [9.17, 15) is 4.39 Å². The SMILES string of the molecule is Cc1nn(-c2ccc(-c3ccc(F)cc3)cc2)c(-c2ccccc2)c1CN1CCN(C)CC1. The molecule has 1 saturated heterocycles. The molecule has 0 atom stereocenters. The van der Waals surface area contributed by atoms with Gasteiger partial charge in [0.25, 0.3) is 0 Å². The zero-order valence-electron chi connectivity index (χ0n) is 19.2. The highest BCUT2D eigenvalue weighted by atomic mass is 19.1. The summed E-state index contributed by atoms with van der Waals surface area (Å²) < 4.78 is 15.4. The predicted octanol–water partition coefficient (Wildman–Crippen LogP) is 5.40. The molecule has 4 aromatic rings. The Morgan fingerprint density at radius 3 is 2.00 bits per heavy atom. The highest BCUT2D eigenvalue weighted by Crippen LogP contribution is 2.31. The summed E-state index contributed by atoms with van der Waals surface area (Å²) in [5.74, 6) is -0.220. The number of piperazine rings is 1. The average molecular weight is 441 g/mol. The normalized spacial score (nSPS) is 15.1. The third-order valence-electron chi connectivity index (χ3n) is 6.50. The van der Waals surface area contributed by atoms with Gasteiger partial charge in [-0.2, -0.15) is 5.10 Å². The Kier molecular flexibility index (Phi) is 6.07. The molecular weight excluding hydrogens is 411 g/mol. The second-order valence-electron chi connectivity index (χ2n) is 8.82. The minimum Gasteiger partial charge on any atom is -0.304 e. The van der Waals surface area contributed by atoms with E-state index in [4.69, 9.17) is 5.10 Å². The van der Waals surface area contributed by atoms with Crippen molar-refractivity contribution in [2.75, 3.05) is 33.2 Å². The van der Waals surface area contributed by atoms with Gasteiger partial charge in [-0.1, -0.05) is 54.6 Å². The second-order valence-corrected chi connectivity index (χ2v) is 8.82. The third kappa shape index (κ3) is 4.61. The van der Waals surface area contributed by atoms with Crippen molar-refractivity contribution in [1.29, 1.82) is 0 Å². The van der Waals surface area contributed by atoms with Crippen LogP contribution in [-0.2, 0) is 6.54 Å². The second kappa shape index (κ2) is 9.30. The maximum Gasteiger partial charge on any atom is 0.123 e. The summed E-state index contributed by atoms with van der Waals surface area (Å²) in [6.07, 6.45) is 0. The van der Waals surface area contributed by atoms with Crippen molar-refractivity contribution in [3.63, 3.8) is 0 Å². The summed E-state index contributed by atoms with van der Waals surface area (Å²) in [4.78, 5) is 4.91. The van der Waals surface area contributed by atoms with E-state index in [1.807, 2.05) is 12.1 Å². The predicted molar refractivity (Wildman–Crippen MR) is 132 cm³/mol. The summed E-state index contributed by atoms with van der Waals surface area (Å²) in [7, 11) is 2.19. The monoisotopic (exact) mass is 440 g/mol. The van der Waals surface area contributed by atoms with Crippen molar-refractivity contribution < 1.29 is 4.39 Å². The number of aromatic nitrogens is 2. The third-order valence-corrected chi connectivity index (χ3v) is 6.50. The first-order valence-electron chi connectivity index (χ1n) is 11.5. The summed E-state index contributed by atoms with van der Waals surface area (Å²) >= 11 is 0. The number of benzene rings is 3. The van der Waals surface area contributed by atoms with Gasteiger partial charge in [0, 0.05) is 43.9 Å². The van der Waals surface area contributed by atoms with Crippen LogP contribution in [0.4, 0.5) is 4.39 Å². The molecule has 0 spiro atoms. The van der Waals surface area contributed by atoms with Crippen molar-refractivity contribution >= 4 is 0 Å². The Balaban J connectivity index is 1.52. The largest absolute Gasteiger partial charge is 0.304 e. The van der Waals surface area contributed by atoms with E-state index in [0.29, 0.717) is 0 Å². The average Bonchev–Trinajstić information content (AvgIpc) is 3.17. The minimum atomic E-state index is -0.220. The van der Waals surface area contributed by atoms with Gasteiger partial charge in [0.1, 0.15) is 5.82 Å². The maximum absolute atomic E-state index is 13.3. The molecule has 0 radical (unpaired) electrons. The van der Waals surface area contributed by atoms with E-state index in [0.717, 1.165) is 60.9 Å². The number of hydrogen-bond acceptors (Lipinski definition) is 3. The molecule has 0 saturated carbocycles. The van der Waals surface area contributed by atoms with Crippen LogP contribution >= 0.6 is 0 Å². The number of aryl methyl sites for hydroxylation is 1. The molecule has 1 aliphatic rings. The molecule has 4 nitrogen and oxygen atoms in total. The Morgan fingerprint density at radius 1 is 0.758 bits per heavy atom. The lowest BCUT2D eigenvalue weighted by Crippen LogP contribution is -2.44. The lowest BCUT2D eigenvalue weighted by atomic mass is 10.0. The Hall–Kier alpha value is -3.28. The van der Waals surface area contributed by atoms with Crippen LogP contribution in [-0.4, -0.2) is 52.8 Å². The summed E-state index contributed by atoms with van der Waals surface area (Å²) in [6, 6.07) is 25.5. The zero-order valence-corrected chi connectivity index (χ0v) is 19.2. The molecular formula is C28H29FN4. The van der Waals surface area contributed by atoms with Gasteiger partial charge in [0.2, 0.25) is 0 Å². The Morgan fingerprint density at radius 2 is 1.36 bits per heavy atom. The van der Waals surface area contributed by atoms with E-state index in [1.165, 1.54) is 23.3 Å². The minimum absolute atomic E-state index is 0.220. The van der Waals surface area contributed by atoms with Crippen molar-refractivity contribution in [3.05, 3.63) is 95.9 Å². The van der Waals surface area contributed by atoms with E-state index in [1.54, 1.807) is 0 Å². The van der Waals surface area contributed by atoms with Gasteiger partial charge < -0.3 is 4.90 Å². The Labute approximate surface area is 194 Å². The van der Waals surface area contributed by atoms with Gasteiger partial charge in [-0.05, 0) is 49.4 Å². The van der Waals surface area contributed by atoms with Gasteiger partial charge in [0.15, 0.2) is 0 Å². The van der Waals surface area contributed by atoms with Crippen LogP contribution in [0.15, 0.2) is 78.9 Å². The van der Waals surface area contributed by atoms with Crippen molar-refractivity contribution in [2.45, 2.75) is 13.5 Å². The summed E-state index contributed by atoms with van der Waals surface area (Å²) in [5.41, 5.74) is 7.75. The van der Waals surface area contributed by atoms with Crippen molar-refractivity contribution in [3.8, 4) is 28.1 Å². The first-order chi connectivity index (χ1) is 16.1. The molecule has 0 bridgehead atoms. The highest BCUT2D eigenvalue weighted by Gasteiger charge is 2.22. The van der Waals surface area contributed by atoms with Crippen LogP contribution in [0, 0.1) is 12.7 Å². The van der Waals surface area contributed by atoms with Crippen LogP contribution < -0.4 is 0 Å². The number of rotatable bonds is 5. The fourth-order valence-corrected chi connectivity index (χ4v) is 4.50. The molecule has 33 heavy (non-hydrogen) atoms. The molecule has 0 unspecified atom stereocenters. The van der Waals surface area contributed by atoms with Gasteiger partial charge in [-0.25, -0.2) is 9.07 Å². The fraction of sp³-hybridized carbons (Fsp3) is 0.250. The van der Waals surface area contributed by atoms with Crippen molar-refractivity contribution in [1.82, 2.24) is 19.6 Å². The highest BCUT2D eigenvalue weighted by molar-refractivity contribution is 5.69. The lowest BCUT2D eigenvalue weighted by molar-refractivity contribution is 0.148. The number of likely N-dealkylation sites (N-methyl/N-ethyl adjacent to an activating group) is 1. The van der Waals surface area contributed by atoms with Gasteiger partial charge >= 0.3 is 0 Å². The van der Waals surface area contributed by atoms with E-state index >= 15 is 0 Å². The summed E-state index contributed by atoms with van der Waals surface area (Å²) in [5, 5.41) is 4.98. The van der Waals surface area contributed by atoms with Crippen LogP contribution in [0.5, 0.6) is 0 Å². The molecule has 3 aromatic carbocycles. The van der Waals surface area contributed by atoms with Crippen LogP contribution in [0.3, 0.4) is 0 Å². The number of hydrogen-bond donors (Lipinski definition) is 0. The Bertz CT molecular complexity index is 1210. The molecule has 1 aliphatic heterocycles. The zero-order chi connectivity index (χ0) is 22.8. The van der Waals surface area contributed by atoms with E-state index < -0.39 is 0 Å². The van der Waals surface area contributed by atoms with Gasteiger partial charge in [-0.15, -0.1) is 0 Å². The first kappa shape index (κ1) is 21.6. The maximum atomic E-state index is 13.3. The van der Waals surface area contributed by atoms with Gasteiger partial charge in [0.05, 0.1) is 17.1 Å². The van der Waals surface area contributed by atoms with Crippen LogP contribution in [0.25, 0.3) is 28.1 Å². The van der Waals surface area contributed by atoms with Crippen LogP contribution in [0.1, 0.15) is 11.3 Å². The molecule has 0 amide bonds. The quantitative estimate of drug-likeness (QED) is 0.415. The van der Waals surface area contributed by atoms with Crippen molar-refractivity contribution in [2.24, 2.45) is 0 Å². The molecule has 5 heteroatoms. The van der Waals surface area contributed by atoms with E-state index in [-0.39, 0.29) is 5.82 Å². The molecule has 1 fully saturated rings. The standard InChI is InChI=1S/C28H29FN4/c1-21-27(20-32-18-16-31(2)17-19-32)28(24-6-4-3-5-7-24)33(30-21)26-14-10-23(11-15-26)22-8-12-25(29)13-9-22/h3-15H,16-20H2,1-2H3. The number of nitrogens with zero attached hydrogens (tertiary/aromatic N) is 4. The smallest absolute Gasteiger partial charge is 0.123 e. The fourth-order valence-electron chi connectivity index (χ4n) is 4.50. The summed E-state index contributed by atoms with van der Waals surface area (Å²) in [6.45, 7) is 7.35. The lowest BCUT2D eigenvalue weighted by Gasteiger charge is -2.32. The molecule has 5 rings (SSSR count). The molecule has 2 heterocycles. The first-order valence-corrected chi connectivity index (χ1v) is 11.5. The van der Waals surface area contributed by atoms with Gasteiger partial charge in [-0.3, -0.25) is 4.90 Å². The molecule has 1 aromatic heterocycles. The number of halogens is 1.